The summed E-state index contributed by atoms with van der Waals surface area (Å²) in [6.45, 7) is 3.02. The number of nitrogens with one attached hydrogen (secondary N) is 1. The molecule has 1 atom stereocenters. The Kier molecular flexibility index (Phi) is 5.78. The van der Waals surface area contributed by atoms with Crippen LogP contribution in [0.15, 0.2) is 0 Å². The molecule has 66 valence electrons. The van der Waals surface area contributed by atoms with Crippen molar-refractivity contribution in [3.8, 4) is 0 Å². The minimum Gasteiger partial charge on any atom is -0.355 e. The third-order valence-corrected chi connectivity index (χ3v) is 1.34. The van der Waals surface area contributed by atoms with Crippen LogP contribution in [0.3, 0.4) is 0 Å². The van der Waals surface area contributed by atoms with E-state index in [9.17, 15) is 4.79 Å². The van der Waals surface area contributed by atoms with E-state index in [0.29, 0.717) is 13.1 Å². The number of amides is 1. The van der Waals surface area contributed by atoms with Gasteiger partial charge in [-0.2, -0.15) is 0 Å². The Morgan fingerprint density at radius 2 is 2.18 bits per heavy atom. The third kappa shape index (κ3) is 5.82. The van der Waals surface area contributed by atoms with Gasteiger partial charge in [0, 0.05) is 6.54 Å². The quantitative estimate of drug-likeness (QED) is 0.459. The summed E-state index contributed by atoms with van der Waals surface area (Å²) in [4.78, 5) is 10.8. The molecule has 0 heterocycles. The SMILES string of the molecule is CC(N)C(=O)NCCCCN. The molecule has 0 aliphatic rings. The molecule has 4 heteroatoms. The summed E-state index contributed by atoms with van der Waals surface area (Å²) in [5.74, 6) is -0.0954. The zero-order valence-electron chi connectivity index (χ0n) is 6.97. The summed E-state index contributed by atoms with van der Waals surface area (Å²) in [6, 6.07) is -0.409. The average Bonchev–Trinajstić information content (AvgIpc) is 1.97. The zero-order chi connectivity index (χ0) is 8.69. The molecular weight excluding hydrogens is 142 g/mol. The Labute approximate surface area is 67.3 Å². The lowest BCUT2D eigenvalue weighted by molar-refractivity contribution is -0.121. The minimum atomic E-state index is -0.409. The van der Waals surface area contributed by atoms with E-state index < -0.39 is 6.04 Å². The number of carbonyl (C=O) groups is 1. The number of nitrogens with two attached hydrogens (primary N) is 2. The maximum absolute atomic E-state index is 10.8. The van der Waals surface area contributed by atoms with Crippen molar-refractivity contribution in [2.45, 2.75) is 25.8 Å². The zero-order valence-corrected chi connectivity index (χ0v) is 6.97. The molecule has 0 aliphatic heterocycles. The Bertz CT molecular complexity index is 114. The van der Waals surface area contributed by atoms with E-state index in [-0.39, 0.29) is 5.91 Å². The number of carbonyl (C=O) groups excluding carboxylic acids is 1. The number of hydrogen-bond donors (Lipinski definition) is 3. The molecule has 0 aromatic heterocycles. The first-order valence-corrected chi connectivity index (χ1v) is 3.92. The summed E-state index contributed by atoms with van der Waals surface area (Å²) >= 11 is 0. The largest absolute Gasteiger partial charge is 0.355 e. The molecule has 0 bridgehead atoms. The highest BCUT2D eigenvalue weighted by Crippen LogP contribution is 1.83. The van der Waals surface area contributed by atoms with Crippen LogP contribution in [0, 0.1) is 0 Å². The van der Waals surface area contributed by atoms with E-state index in [0.717, 1.165) is 12.8 Å². The molecule has 0 fully saturated rings. The molecule has 0 aromatic carbocycles. The molecule has 0 saturated heterocycles. The molecular formula is C7H17N3O. The van der Waals surface area contributed by atoms with E-state index in [1.807, 2.05) is 0 Å². The van der Waals surface area contributed by atoms with Crippen LogP contribution in [0.25, 0.3) is 0 Å². The van der Waals surface area contributed by atoms with Gasteiger partial charge < -0.3 is 16.8 Å². The smallest absolute Gasteiger partial charge is 0.236 e. The fourth-order valence-electron chi connectivity index (χ4n) is 0.642. The van der Waals surface area contributed by atoms with Crippen LogP contribution in [0.2, 0.25) is 0 Å². The van der Waals surface area contributed by atoms with Gasteiger partial charge in [-0.25, -0.2) is 0 Å². The van der Waals surface area contributed by atoms with Gasteiger partial charge in [0.05, 0.1) is 6.04 Å². The van der Waals surface area contributed by atoms with Crippen molar-refractivity contribution in [3.63, 3.8) is 0 Å². The van der Waals surface area contributed by atoms with E-state index >= 15 is 0 Å². The van der Waals surface area contributed by atoms with Crippen LogP contribution in [-0.2, 0) is 4.79 Å². The molecule has 5 N–H and O–H groups in total. The van der Waals surface area contributed by atoms with E-state index in [1.165, 1.54) is 0 Å². The van der Waals surface area contributed by atoms with Crippen LogP contribution >= 0.6 is 0 Å². The van der Waals surface area contributed by atoms with Crippen LogP contribution in [0.5, 0.6) is 0 Å². The van der Waals surface area contributed by atoms with Gasteiger partial charge in [0.25, 0.3) is 0 Å². The average molecular weight is 159 g/mol. The summed E-state index contributed by atoms with van der Waals surface area (Å²) in [6.07, 6.45) is 1.87. The normalized spacial score (nSPS) is 12.6. The third-order valence-electron chi connectivity index (χ3n) is 1.34. The second kappa shape index (κ2) is 6.12. The Morgan fingerprint density at radius 1 is 1.55 bits per heavy atom. The molecule has 11 heavy (non-hydrogen) atoms. The molecule has 1 unspecified atom stereocenters. The maximum atomic E-state index is 10.8. The molecule has 0 saturated carbocycles. The fourth-order valence-corrected chi connectivity index (χ4v) is 0.642. The first-order valence-electron chi connectivity index (χ1n) is 3.92. The van der Waals surface area contributed by atoms with Gasteiger partial charge in [-0.15, -0.1) is 0 Å². The predicted octanol–water partition coefficient (Wildman–Crippen LogP) is -0.811. The van der Waals surface area contributed by atoms with Gasteiger partial charge in [0.1, 0.15) is 0 Å². The second-order valence-electron chi connectivity index (χ2n) is 2.58. The van der Waals surface area contributed by atoms with Crippen molar-refractivity contribution >= 4 is 5.91 Å². The van der Waals surface area contributed by atoms with Crippen LogP contribution < -0.4 is 16.8 Å². The van der Waals surface area contributed by atoms with Gasteiger partial charge in [-0.1, -0.05) is 0 Å². The highest BCUT2D eigenvalue weighted by atomic mass is 16.2. The van der Waals surface area contributed by atoms with Crippen molar-refractivity contribution in [2.75, 3.05) is 13.1 Å². The molecule has 0 aromatic rings. The molecule has 0 aliphatic carbocycles. The summed E-state index contributed by atoms with van der Waals surface area (Å²) in [5, 5.41) is 2.70. The Morgan fingerprint density at radius 3 is 2.64 bits per heavy atom. The standard InChI is InChI=1S/C7H17N3O/c1-6(9)7(11)10-5-3-2-4-8/h6H,2-5,8-9H2,1H3,(H,10,11). The van der Waals surface area contributed by atoms with Gasteiger partial charge in [0.2, 0.25) is 5.91 Å². The van der Waals surface area contributed by atoms with Crippen LogP contribution in [0.1, 0.15) is 19.8 Å². The minimum absolute atomic E-state index is 0.0954. The lowest BCUT2D eigenvalue weighted by Gasteiger charge is -2.06. The lowest BCUT2D eigenvalue weighted by atomic mass is 10.3. The fraction of sp³-hybridized carbons (Fsp3) is 0.857. The molecule has 0 radical (unpaired) electrons. The maximum Gasteiger partial charge on any atom is 0.236 e. The van der Waals surface area contributed by atoms with Crippen molar-refractivity contribution in [1.29, 1.82) is 0 Å². The van der Waals surface area contributed by atoms with Crippen LogP contribution in [0.4, 0.5) is 0 Å². The summed E-state index contributed by atoms with van der Waals surface area (Å²) < 4.78 is 0. The van der Waals surface area contributed by atoms with Gasteiger partial charge in [-0.3, -0.25) is 4.79 Å². The monoisotopic (exact) mass is 159 g/mol. The lowest BCUT2D eigenvalue weighted by Crippen LogP contribution is -2.38. The van der Waals surface area contributed by atoms with Gasteiger partial charge >= 0.3 is 0 Å². The molecule has 1 amide bonds. The second-order valence-corrected chi connectivity index (χ2v) is 2.58. The Balaban J connectivity index is 3.18. The van der Waals surface area contributed by atoms with Crippen molar-refractivity contribution in [2.24, 2.45) is 11.5 Å². The van der Waals surface area contributed by atoms with E-state index in [4.69, 9.17) is 11.5 Å². The first-order chi connectivity index (χ1) is 5.18. The van der Waals surface area contributed by atoms with Crippen LogP contribution in [-0.4, -0.2) is 25.0 Å². The highest BCUT2D eigenvalue weighted by Gasteiger charge is 2.04. The number of unbranched alkanes of at least 4 members (excludes halogenated alkanes) is 1. The van der Waals surface area contributed by atoms with E-state index in [2.05, 4.69) is 5.32 Å². The predicted molar refractivity (Wildman–Crippen MR) is 44.9 cm³/mol. The van der Waals surface area contributed by atoms with Crippen molar-refractivity contribution in [3.05, 3.63) is 0 Å². The molecule has 0 spiro atoms. The summed E-state index contributed by atoms with van der Waals surface area (Å²) in [5.41, 5.74) is 10.6. The topological polar surface area (TPSA) is 81.1 Å². The number of rotatable bonds is 5. The summed E-state index contributed by atoms with van der Waals surface area (Å²) in [7, 11) is 0. The highest BCUT2D eigenvalue weighted by molar-refractivity contribution is 5.80. The number of hydrogen-bond acceptors (Lipinski definition) is 3. The Hall–Kier alpha value is -0.610. The van der Waals surface area contributed by atoms with Crippen molar-refractivity contribution in [1.82, 2.24) is 5.32 Å². The molecule has 0 rings (SSSR count). The van der Waals surface area contributed by atoms with Gasteiger partial charge in [0.15, 0.2) is 0 Å². The van der Waals surface area contributed by atoms with E-state index in [1.54, 1.807) is 6.92 Å². The van der Waals surface area contributed by atoms with Crippen molar-refractivity contribution < 1.29 is 4.79 Å². The first kappa shape index (κ1) is 10.4. The molecule has 4 nitrogen and oxygen atoms in total. The van der Waals surface area contributed by atoms with Gasteiger partial charge in [-0.05, 0) is 26.3 Å².